The molecule has 3 N–H and O–H groups in total. The molecule has 0 aliphatic rings. The van der Waals surface area contributed by atoms with E-state index in [1.807, 2.05) is 0 Å². The highest BCUT2D eigenvalue weighted by Gasteiger charge is 2.11. The van der Waals surface area contributed by atoms with E-state index in [0.717, 1.165) is 0 Å². The van der Waals surface area contributed by atoms with Gasteiger partial charge >= 0.3 is 0 Å². The van der Waals surface area contributed by atoms with E-state index >= 15 is 0 Å². The fourth-order valence-electron chi connectivity index (χ4n) is 1.49. The van der Waals surface area contributed by atoms with Gasteiger partial charge in [-0.15, -0.1) is 0 Å². The number of nitrogens with two attached hydrogens (primary N) is 1. The Bertz CT molecular complexity index is 599. The standard InChI is InChI=1S/C13H10Cl2N2O/c14-8-5-6-9(11(16)7-8)13(18)17-12-4-2-1-3-10(12)15/h1-7H,16H2,(H,17,18). The van der Waals surface area contributed by atoms with Crippen molar-refractivity contribution in [2.75, 3.05) is 11.1 Å². The van der Waals surface area contributed by atoms with Crippen LogP contribution in [0.1, 0.15) is 10.4 Å². The predicted molar refractivity (Wildman–Crippen MR) is 75.3 cm³/mol. The lowest BCUT2D eigenvalue weighted by Gasteiger charge is -2.09. The topological polar surface area (TPSA) is 55.1 Å². The molecule has 0 saturated carbocycles. The van der Waals surface area contributed by atoms with Crippen LogP contribution in [0, 0.1) is 0 Å². The zero-order valence-electron chi connectivity index (χ0n) is 9.28. The molecular formula is C13H10Cl2N2O. The number of amides is 1. The van der Waals surface area contributed by atoms with E-state index < -0.39 is 0 Å². The molecule has 5 heteroatoms. The molecule has 0 saturated heterocycles. The number of hydrogen-bond acceptors (Lipinski definition) is 2. The molecule has 0 heterocycles. The van der Waals surface area contributed by atoms with Crippen LogP contribution in [0.5, 0.6) is 0 Å². The Labute approximate surface area is 115 Å². The maximum Gasteiger partial charge on any atom is 0.257 e. The molecule has 0 unspecified atom stereocenters. The first-order valence-corrected chi connectivity index (χ1v) is 5.94. The minimum atomic E-state index is -0.322. The highest BCUT2D eigenvalue weighted by molar-refractivity contribution is 6.34. The van der Waals surface area contributed by atoms with Crippen molar-refractivity contribution in [3.8, 4) is 0 Å². The Hall–Kier alpha value is -1.71. The van der Waals surface area contributed by atoms with Crippen molar-refractivity contribution in [3.05, 3.63) is 58.1 Å². The summed E-state index contributed by atoms with van der Waals surface area (Å²) < 4.78 is 0. The summed E-state index contributed by atoms with van der Waals surface area (Å²) in [4.78, 5) is 12.0. The summed E-state index contributed by atoms with van der Waals surface area (Å²) in [7, 11) is 0. The molecule has 0 bridgehead atoms. The molecule has 0 aliphatic carbocycles. The summed E-state index contributed by atoms with van der Waals surface area (Å²) in [5.74, 6) is -0.322. The smallest absolute Gasteiger partial charge is 0.257 e. The van der Waals surface area contributed by atoms with Gasteiger partial charge < -0.3 is 11.1 Å². The normalized spacial score (nSPS) is 10.1. The van der Waals surface area contributed by atoms with Crippen LogP contribution >= 0.6 is 23.2 Å². The summed E-state index contributed by atoms with van der Waals surface area (Å²) in [6, 6.07) is 11.7. The summed E-state index contributed by atoms with van der Waals surface area (Å²) in [5.41, 5.74) is 6.96. The molecule has 2 aromatic rings. The third-order valence-electron chi connectivity index (χ3n) is 2.38. The van der Waals surface area contributed by atoms with Crippen LogP contribution in [0.2, 0.25) is 10.0 Å². The SMILES string of the molecule is Nc1cc(Cl)ccc1C(=O)Nc1ccccc1Cl. The first-order chi connectivity index (χ1) is 8.58. The largest absolute Gasteiger partial charge is 0.398 e. The van der Waals surface area contributed by atoms with Crippen LogP contribution < -0.4 is 11.1 Å². The maximum atomic E-state index is 12.0. The number of carbonyl (C=O) groups is 1. The number of hydrogen-bond donors (Lipinski definition) is 2. The Balaban J connectivity index is 2.25. The predicted octanol–water partition coefficient (Wildman–Crippen LogP) is 3.83. The first-order valence-electron chi connectivity index (χ1n) is 5.19. The van der Waals surface area contributed by atoms with E-state index in [-0.39, 0.29) is 5.91 Å². The zero-order valence-corrected chi connectivity index (χ0v) is 10.8. The number of carbonyl (C=O) groups excluding carboxylic acids is 1. The van der Waals surface area contributed by atoms with Gasteiger partial charge in [-0.3, -0.25) is 4.79 Å². The first kappa shape index (κ1) is 12.7. The monoisotopic (exact) mass is 280 g/mol. The van der Waals surface area contributed by atoms with Crippen molar-refractivity contribution >= 4 is 40.5 Å². The van der Waals surface area contributed by atoms with Crippen LogP contribution in [0.15, 0.2) is 42.5 Å². The van der Waals surface area contributed by atoms with Gasteiger partial charge in [-0.2, -0.15) is 0 Å². The minimum Gasteiger partial charge on any atom is -0.398 e. The average Bonchev–Trinajstić information content (AvgIpc) is 2.32. The molecule has 0 fully saturated rings. The number of nitrogens with one attached hydrogen (secondary N) is 1. The van der Waals surface area contributed by atoms with E-state index in [9.17, 15) is 4.79 Å². The lowest BCUT2D eigenvalue weighted by Crippen LogP contribution is -2.14. The van der Waals surface area contributed by atoms with Crippen LogP contribution in [-0.2, 0) is 0 Å². The summed E-state index contributed by atoms with van der Waals surface area (Å²) >= 11 is 11.7. The van der Waals surface area contributed by atoms with Gasteiger partial charge in [0.25, 0.3) is 5.91 Å². The fourth-order valence-corrected chi connectivity index (χ4v) is 1.86. The lowest BCUT2D eigenvalue weighted by molar-refractivity contribution is 0.102. The summed E-state index contributed by atoms with van der Waals surface area (Å²) in [6.07, 6.45) is 0. The van der Waals surface area contributed by atoms with Gasteiger partial charge in [0, 0.05) is 10.7 Å². The van der Waals surface area contributed by atoms with Gasteiger partial charge in [-0.25, -0.2) is 0 Å². The molecule has 0 spiro atoms. The number of anilines is 2. The van der Waals surface area contributed by atoms with Gasteiger partial charge in [-0.1, -0.05) is 35.3 Å². The van der Waals surface area contributed by atoms with Crippen molar-refractivity contribution in [2.45, 2.75) is 0 Å². The molecule has 0 aromatic heterocycles. The van der Waals surface area contributed by atoms with Gasteiger partial charge in [0.15, 0.2) is 0 Å². The quantitative estimate of drug-likeness (QED) is 0.822. The second-order valence-corrected chi connectivity index (χ2v) is 4.51. The molecule has 0 atom stereocenters. The molecule has 2 aromatic carbocycles. The van der Waals surface area contributed by atoms with Crippen LogP contribution in [0.4, 0.5) is 11.4 Å². The Morgan fingerprint density at radius 3 is 2.50 bits per heavy atom. The van der Waals surface area contributed by atoms with Gasteiger partial charge in [0.2, 0.25) is 0 Å². The Morgan fingerprint density at radius 2 is 1.83 bits per heavy atom. The van der Waals surface area contributed by atoms with Gasteiger partial charge in [0.1, 0.15) is 0 Å². The number of nitrogen functional groups attached to an aromatic ring is 1. The number of halogens is 2. The second kappa shape index (κ2) is 5.29. The molecule has 18 heavy (non-hydrogen) atoms. The highest BCUT2D eigenvalue weighted by Crippen LogP contribution is 2.23. The highest BCUT2D eigenvalue weighted by atomic mass is 35.5. The third kappa shape index (κ3) is 2.75. The summed E-state index contributed by atoms with van der Waals surface area (Å²) in [5, 5.41) is 3.65. The maximum absolute atomic E-state index is 12.0. The number of benzene rings is 2. The van der Waals surface area contributed by atoms with E-state index in [1.165, 1.54) is 6.07 Å². The van der Waals surface area contributed by atoms with Crippen LogP contribution in [0.25, 0.3) is 0 Å². The van der Waals surface area contributed by atoms with Crippen molar-refractivity contribution in [1.82, 2.24) is 0 Å². The van der Waals surface area contributed by atoms with Crippen molar-refractivity contribution in [3.63, 3.8) is 0 Å². The molecule has 0 aliphatic heterocycles. The Kier molecular flexibility index (Phi) is 3.75. The molecule has 1 amide bonds. The number of rotatable bonds is 2. The van der Waals surface area contributed by atoms with Gasteiger partial charge in [0.05, 0.1) is 16.3 Å². The lowest BCUT2D eigenvalue weighted by atomic mass is 10.1. The molecule has 2 rings (SSSR count). The van der Waals surface area contributed by atoms with Gasteiger partial charge in [-0.05, 0) is 30.3 Å². The summed E-state index contributed by atoms with van der Waals surface area (Å²) in [6.45, 7) is 0. The average molecular weight is 281 g/mol. The van der Waals surface area contributed by atoms with E-state index in [2.05, 4.69) is 5.32 Å². The van der Waals surface area contributed by atoms with E-state index in [4.69, 9.17) is 28.9 Å². The minimum absolute atomic E-state index is 0.322. The molecule has 0 radical (unpaired) electrons. The molecule has 3 nitrogen and oxygen atoms in total. The molecular weight excluding hydrogens is 271 g/mol. The van der Waals surface area contributed by atoms with Crippen molar-refractivity contribution in [1.29, 1.82) is 0 Å². The fraction of sp³-hybridized carbons (Fsp3) is 0. The Morgan fingerprint density at radius 1 is 1.11 bits per heavy atom. The third-order valence-corrected chi connectivity index (χ3v) is 2.94. The zero-order chi connectivity index (χ0) is 13.1. The van der Waals surface area contributed by atoms with Crippen molar-refractivity contribution < 1.29 is 4.79 Å². The molecule has 92 valence electrons. The van der Waals surface area contributed by atoms with Crippen LogP contribution in [-0.4, -0.2) is 5.91 Å². The second-order valence-electron chi connectivity index (χ2n) is 3.67. The van der Waals surface area contributed by atoms with E-state index in [0.29, 0.717) is 27.0 Å². The van der Waals surface area contributed by atoms with Crippen LogP contribution in [0.3, 0.4) is 0 Å². The number of para-hydroxylation sites is 1. The van der Waals surface area contributed by atoms with Crippen molar-refractivity contribution in [2.24, 2.45) is 0 Å². The van der Waals surface area contributed by atoms with E-state index in [1.54, 1.807) is 36.4 Å².